The van der Waals surface area contributed by atoms with Crippen molar-refractivity contribution >= 4 is 29.0 Å². The van der Waals surface area contributed by atoms with Crippen molar-refractivity contribution in [3.05, 3.63) is 59.8 Å². The summed E-state index contributed by atoms with van der Waals surface area (Å²) in [6.07, 6.45) is 3.33. The fourth-order valence-electron chi connectivity index (χ4n) is 3.92. The number of halogens is 1. The van der Waals surface area contributed by atoms with E-state index in [1.807, 2.05) is 25.2 Å². The van der Waals surface area contributed by atoms with Crippen LogP contribution in [0.25, 0.3) is 11.3 Å². The lowest BCUT2D eigenvalue weighted by atomic mass is 10.1. The number of likely N-dealkylation sites (tertiary alicyclic amines) is 1. The van der Waals surface area contributed by atoms with Crippen molar-refractivity contribution in [2.24, 2.45) is 7.05 Å². The van der Waals surface area contributed by atoms with Crippen molar-refractivity contribution in [3.8, 4) is 17.0 Å². The molecule has 1 aliphatic rings. The Balaban J connectivity index is 1.45. The quantitative estimate of drug-likeness (QED) is 0.482. The van der Waals surface area contributed by atoms with Crippen LogP contribution < -0.4 is 15.4 Å². The van der Waals surface area contributed by atoms with Crippen molar-refractivity contribution in [1.82, 2.24) is 14.7 Å². The number of hydrogen-bond donors (Lipinski definition) is 3. The molecule has 174 valence electrons. The zero-order valence-corrected chi connectivity index (χ0v) is 19.3. The Morgan fingerprint density at radius 3 is 2.67 bits per heavy atom. The molecule has 0 radical (unpaired) electrons. The summed E-state index contributed by atoms with van der Waals surface area (Å²) in [5.74, 6) is 0.708. The van der Waals surface area contributed by atoms with E-state index in [0.717, 1.165) is 37.2 Å². The van der Waals surface area contributed by atoms with E-state index < -0.39 is 0 Å². The minimum Gasteiger partial charge on any atom is -0.492 e. The molecule has 1 unspecified atom stereocenters. The molecule has 9 heteroatoms. The third-order valence-corrected chi connectivity index (χ3v) is 5.83. The molecule has 0 aliphatic carbocycles. The Morgan fingerprint density at radius 2 is 1.94 bits per heavy atom. The second kappa shape index (κ2) is 10.7. The van der Waals surface area contributed by atoms with Gasteiger partial charge in [-0.15, -0.1) is 0 Å². The molecule has 33 heavy (non-hydrogen) atoms. The number of amides is 2. The number of urea groups is 1. The second-order valence-corrected chi connectivity index (χ2v) is 8.52. The lowest BCUT2D eigenvalue weighted by molar-refractivity contribution is 0.0633. The van der Waals surface area contributed by atoms with Gasteiger partial charge in [-0.1, -0.05) is 11.6 Å². The summed E-state index contributed by atoms with van der Waals surface area (Å²) >= 11 is 5.90. The Labute approximate surface area is 198 Å². The summed E-state index contributed by atoms with van der Waals surface area (Å²) < 4.78 is 7.88. The van der Waals surface area contributed by atoms with Gasteiger partial charge in [-0.05, 0) is 67.9 Å². The molecular formula is C24H28ClN5O3. The number of aryl methyl sites for hydroxylation is 1. The Kier molecular flexibility index (Phi) is 7.49. The van der Waals surface area contributed by atoms with Gasteiger partial charge in [0.15, 0.2) is 0 Å². The number of β-amino-alcohol motifs (C(OH)–C–C–N with tert-alkyl or cyclic N) is 1. The summed E-state index contributed by atoms with van der Waals surface area (Å²) in [4.78, 5) is 14.7. The van der Waals surface area contributed by atoms with E-state index in [1.54, 1.807) is 41.2 Å². The second-order valence-electron chi connectivity index (χ2n) is 8.08. The summed E-state index contributed by atoms with van der Waals surface area (Å²) in [7, 11) is 1.86. The number of benzene rings is 2. The van der Waals surface area contributed by atoms with Crippen LogP contribution in [0.1, 0.15) is 12.8 Å². The first kappa shape index (κ1) is 23.1. The summed E-state index contributed by atoms with van der Waals surface area (Å²) in [6, 6.07) is 14.0. The number of aliphatic hydroxyl groups excluding tert-OH is 1. The van der Waals surface area contributed by atoms with Crippen molar-refractivity contribution < 1.29 is 14.6 Å². The molecule has 3 N–H and O–H groups in total. The molecule has 1 aliphatic heterocycles. The minimum absolute atomic E-state index is 0.256. The van der Waals surface area contributed by atoms with Crippen LogP contribution >= 0.6 is 11.6 Å². The van der Waals surface area contributed by atoms with Crippen molar-refractivity contribution in [3.63, 3.8) is 0 Å². The molecule has 1 fully saturated rings. The Bertz CT molecular complexity index is 1090. The van der Waals surface area contributed by atoms with E-state index in [-0.39, 0.29) is 12.1 Å². The van der Waals surface area contributed by atoms with Crippen molar-refractivity contribution in [1.29, 1.82) is 0 Å². The normalized spacial score (nSPS) is 16.4. The highest BCUT2D eigenvalue weighted by molar-refractivity contribution is 6.30. The third-order valence-electron chi connectivity index (χ3n) is 5.58. The fourth-order valence-corrected chi connectivity index (χ4v) is 4.04. The average molecular weight is 470 g/mol. The number of carbonyl (C=O) groups is 1. The molecule has 0 saturated carbocycles. The van der Waals surface area contributed by atoms with Crippen LogP contribution in [-0.2, 0) is 7.05 Å². The predicted molar refractivity (Wildman–Crippen MR) is 130 cm³/mol. The number of aromatic nitrogens is 2. The maximum Gasteiger partial charge on any atom is 0.323 e. The number of anilines is 2. The molecule has 2 amide bonds. The molecule has 1 atom stereocenters. The maximum absolute atomic E-state index is 12.5. The highest BCUT2D eigenvalue weighted by atomic mass is 35.5. The maximum atomic E-state index is 12.5. The third kappa shape index (κ3) is 6.25. The topological polar surface area (TPSA) is 91.7 Å². The first-order valence-corrected chi connectivity index (χ1v) is 11.3. The Hall–Kier alpha value is -3.07. The number of ether oxygens (including phenoxy) is 1. The van der Waals surface area contributed by atoms with E-state index in [4.69, 9.17) is 16.3 Å². The zero-order valence-electron chi connectivity index (χ0n) is 18.5. The molecule has 1 aromatic heterocycles. The summed E-state index contributed by atoms with van der Waals surface area (Å²) in [5, 5.41) is 20.4. The standard InChI is InChI=1S/C24H28ClN5O3/c1-29-22(10-11-26-29)21-15-19(28-24(32)27-18-6-4-17(25)5-7-18)8-9-23(21)33-14-13-30-12-2-3-20(31)16-30/h4-11,15,20,31H,2-3,12-14,16H2,1H3,(H2,27,28,32). The van der Waals surface area contributed by atoms with E-state index in [0.29, 0.717) is 35.3 Å². The molecule has 2 heterocycles. The van der Waals surface area contributed by atoms with Gasteiger partial charge in [-0.2, -0.15) is 5.10 Å². The van der Waals surface area contributed by atoms with Gasteiger partial charge in [0.05, 0.1) is 11.8 Å². The van der Waals surface area contributed by atoms with Crippen LogP contribution in [0, 0.1) is 0 Å². The lowest BCUT2D eigenvalue weighted by Crippen LogP contribution is -2.40. The van der Waals surface area contributed by atoms with Crippen LogP contribution in [0.4, 0.5) is 16.2 Å². The van der Waals surface area contributed by atoms with Crippen LogP contribution in [0.15, 0.2) is 54.7 Å². The van der Waals surface area contributed by atoms with Gasteiger partial charge in [0, 0.05) is 48.3 Å². The fraction of sp³-hybridized carbons (Fsp3) is 0.333. The number of hydrogen-bond acceptors (Lipinski definition) is 5. The highest BCUT2D eigenvalue weighted by Gasteiger charge is 2.18. The number of aliphatic hydroxyl groups is 1. The van der Waals surface area contributed by atoms with Gasteiger partial charge in [-0.3, -0.25) is 9.58 Å². The predicted octanol–water partition coefficient (Wildman–Crippen LogP) is 4.22. The van der Waals surface area contributed by atoms with E-state index >= 15 is 0 Å². The minimum atomic E-state index is -0.356. The molecule has 2 aromatic carbocycles. The monoisotopic (exact) mass is 469 g/mol. The van der Waals surface area contributed by atoms with Gasteiger partial charge in [0.1, 0.15) is 12.4 Å². The molecule has 3 aromatic rings. The first-order chi connectivity index (χ1) is 16.0. The SMILES string of the molecule is Cn1nccc1-c1cc(NC(=O)Nc2ccc(Cl)cc2)ccc1OCCN1CCCC(O)C1. The van der Waals surface area contributed by atoms with Crippen LogP contribution in [0.3, 0.4) is 0 Å². The van der Waals surface area contributed by atoms with E-state index in [9.17, 15) is 9.90 Å². The number of carbonyl (C=O) groups excluding carboxylic acids is 1. The smallest absolute Gasteiger partial charge is 0.323 e. The molecule has 0 bridgehead atoms. The van der Waals surface area contributed by atoms with Crippen molar-refractivity contribution in [2.75, 3.05) is 36.9 Å². The lowest BCUT2D eigenvalue weighted by Gasteiger charge is -2.29. The van der Waals surface area contributed by atoms with Crippen LogP contribution in [0.2, 0.25) is 5.02 Å². The molecular weight excluding hydrogens is 442 g/mol. The van der Waals surface area contributed by atoms with Gasteiger partial charge in [-0.25, -0.2) is 4.79 Å². The van der Waals surface area contributed by atoms with Gasteiger partial charge >= 0.3 is 6.03 Å². The largest absolute Gasteiger partial charge is 0.492 e. The molecule has 4 rings (SSSR count). The summed E-state index contributed by atoms with van der Waals surface area (Å²) in [5.41, 5.74) is 2.98. The average Bonchev–Trinajstić information content (AvgIpc) is 3.22. The van der Waals surface area contributed by atoms with Crippen LogP contribution in [-0.4, -0.2) is 58.2 Å². The van der Waals surface area contributed by atoms with Crippen LogP contribution in [0.5, 0.6) is 5.75 Å². The zero-order chi connectivity index (χ0) is 23.2. The van der Waals surface area contributed by atoms with E-state index in [1.165, 1.54) is 0 Å². The molecule has 0 spiro atoms. The number of nitrogens with one attached hydrogen (secondary N) is 2. The van der Waals surface area contributed by atoms with Gasteiger partial charge in [0.25, 0.3) is 0 Å². The number of nitrogens with zero attached hydrogens (tertiary/aromatic N) is 3. The summed E-state index contributed by atoms with van der Waals surface area (Å²) in [6.45, 7) is 2.90. The number of rotatable bonds is 7. The first-order valence-electron chi connectivity index (χ1n) is 11.0. The van der Waals surface area contributed by atoms with Crippen molar-refractivity contribution in [2.45, 2.75) is 18.9 Å². The Morgan fingerprint density at radius 1 is 1.18 bits per heavy atom. The molecule has 8 nitrogen and oxygen atoms in total. The highest BCUT2D eigenvalue weighted by Crippen LogP contribution is 2.32. The van der Waals surface area contributed by atoms with E-state index in [2.05, 4.69) is 20.6 Å². The van der Waals surface area contributed by atoms with Gasteiger partial charge < -0.3 is 20.5 Å². The number of piperidine rings is 1. The molecule has 1 saturated heterocycles. The van der Waals surface area contributed by atoms with Gasteiger partial charge in [0.2, 0.25) is 0 Å².